The van der Waals surface area contributed by atoms with E-state index in [1.54, 1.807) is 18.5 Å². The number of hydrogen-bond acceptors (Lipinski definition) is 3. The van der Waals surface area contributed by atoms with Crippen LogP contribution in [0.15, 0.2) is 42.7 Å². The molecule has 0 bridgehead atoms. The van der Waals surface area contributed by atoms with Gasteiger partial charge in [-0.05, 0) is 30.2 Å². The molecule has 0 fully saturated rings. The number of aromatic hydroxyl groups is 1. The molecule has 1 aromatic carbocycles. The summed E-state index contributed by atoms with van der Waals surface area (Å²) in [5.41, 5.74) is 0.771. The summed E-state index contributed by atoms with van der Waals surface area (Å²) < 4.78 is 13.6. The fraction of sp³-hybridized carbons (Fsp3) is 0.200. The zero-order valence-corrected chi connectivity index (χ0v) is 11.0. The Morgan fingerprint density at radius 1 is 1.45 bits per heavy atom. The number of nitrogens with one attached hydrogen (secondary N) is 1. The van der Waals surface area contributed by atoms with Crippen LogP contribution in [0.1, 0.15) is 35.3 Å². The van der Waals surface area contributed by atoms with Gasteiger partial charge in [-0.2, -0.15) is 0 Å². The first-order chi connectivity index (χ1) is 9.61. The third-order valence-electron chi connectivity index (χ3n) is 3.00. The van der Waals surface area contributed by atoms with E-state index in [1.807, 2.05) is 13.0 Å². The van der Waals surface area contributed by atoms with E-state index in [2.05, 4.69) is 10.3 Å². The van der Waals surface area contributed by atoms with Crippen LogP contribution in [0.25, 0.3) is 0 Å². The highest BCUT2D eigenvalue weighted by atomic mass is 19.1. The lowest BCUT2D eigenvalue weighted by Crippen LogP contribution is -2.28. The molecule has 0 aliphatic rings. The van der Waals surface area contributed by atoms with Crippen molar-refractivity contribution in [2.75, 3.05) is 0 Å². The van der Waals surface area contributed by atoms with Crippen molar-refractivity contribution in [3.63, 3.8) is 0 Å². The van der Waals surface area contributed by atoms with E-state index in [0.29, 0.717) is 6.42 Å². The molecule has 2 aromatic rings. The average molecular weight is 274 g/mol. The second-order valence-electron chi connectivity index (χ2n) is 4.38. The summed E-state index contributed by atoms with van der Waals surface area (Å²) >= 11 is 0. The van der Waals surface area contributed by atoms with Gasteiger partial charge < -0.3 is 10.4 Å². The van der Waals surface area contributed by atoms with Crippen LogP contribution in [0.3, 0.4) is 0 Å². The Kier molecular flexibility index (Phi) is 4.30. The maximum absolute atomic E-state index is 13.6. The predicted molar refractivity (Wildman–Crippen MR) is 72.8 cm³/mol. The Bertz CT molecular complexity index is 602. The average Bonchev–Trinajstić information content (AvgIpc) is 2.45. The Labute approximate surface area is 116 Å². The third-order valence-corrected chi connectivity index (χ3v) is 3.00. The van der Waals surface area contributed by atoms with Gasteiger partial charge in [-0.3, -0.25) is 9.78 Å². The quantitative estimate of drug-likeness (QED) is 0.901. The fourth-order valence-electron chi connectivity index (χ4n) is 1.93. The molecule has 104 valence electrons. The molecule has 1 atom stereocenters. The van der Waals surface area contributed by atoms with Crippen LogP contribution >= 0.6 is 0 Å². The molecule has 0 radical (unpaired) electrons. The predicted octanol–water partition coefficient (Wildman–Crippen LogP) is 2.81. The van der Waals surface area contributed by atoms with Gasteiger partial charge >= 0.3 is 0 Å². The van der Waals surface area contributed by atoms with Crippen LogP contribution in [-0.2, 0) is 0 Å². The number of carbonyl (C=O) groups is 1. The van der Waals surface area contributed by atoms with E-state index in [9.17, 15) is 9.18 Å². The summed E-state index contributed by atoms with van der Waals surface area (Å²) in [5.74, 6) is -1.47. The zero-order chi connectivity index (χ0) is 14.5. The van der Waals surface area contributed by atoms with Crippen molar-refractivity contribution in [1.29, 1.82) is 0 Å². The number of nitrogens with zero attached hydrogens (tertiary/aromatic N) is 1. The number of phenolic OH excluding ortho intramolecular Hbond substituents is 1. The molecule has 1 heterocycles. The van der Waals surface area contributed by atoms with E-state index in [4.69, 9.17) is 5.11 Å². The number of phenols is 1. The molecule has 0 saturated carbocycles. The van der Waals surface area contributed by atoms with Gasteiger partial charge in [0.25, 0.3) is 5.91 Å². The van der Waals surface area contributed by atoms with Crippen LogP contribution < -0.4 is 5.32 Å². The summed E-state index contributed by atoms with van der Waals surface area (Å²) in [4.78, 5) is 16.1. The molecule has 2 rings (SSSR count). The molecule has 0 aliphatic heterocycles. The van der Waals surface area contributed by atoms with Crippen LogP contribution in [0, 0.1) is 5.82 Å². The summed E-state index contributed by atoms with van der Waals surface area (Å²) in [6.07, 6.45) is 3.98. The number of aromatic nitrogens is 1. The molecule has 0 spiro atoms. The number of rotatable bonds is 4. The van der Waals surface area contributed by atoms with Crippen molar-refractivity contribution in [3.8, 4) is 5.75 Å². The smallest absolute Gasteiger partial charge is 0.254 e. The Balaban J connectivity index is 2.17. The van der Waals surface area contributed by atoms with Gasteiger partial charge in [0.1, 0.15) is 11.6 Å². The molecule has 1 unspecified atom stereocenters. The summed E-state index contributed by atoms with van der Waals surface area (Å²) in [7, 11) is 0. The Morgan fingerprint density at radius 2 is 2.25 bits per heavy atom. The topological polar surface area (TPSA) is 62.2 Å². The second-order valence-corrected chi connectivity index (χ2v) is 4.38. The largest absolute Gasteiger partial charge is 0.508 e. The maximum Gasteiger partial charge on any atom is 0.254 e. The van der Waals surface area contributed by atoms with Crippen molar-refractivity contribution >= 4 is 5.91 Å². The van der Waals surface area contributed by atoms with Gasteiger partial charge in [0.15, 0.2) is 0 Å². The number of halogens is 1. The highest BCUT2D eigenvalue weighted by molar-refractivity contribution is 5.94. The highest BCUT2D eigenvalue weighted by Gasteiger charge is 2.17. The molecule has 1 aromatic heterocycles. The normalized spacial score (nSPS) is 11.9. The van der Waals surface area contributed by atoms with Crippen molar-refractivity contribution in [1.82, 2.24) is 10.3 Å². The fourth-order valence-corrected chi connectivity index (χ4v) is 1.93. The van der Waals surface area contributed by atoms with Crippen LogP contribution in [0.2, 0.25) is 0 Å². The van der Waals surface area contributed by atoms with E-state index in [-0.39, 0.29) is 17.4 Å². The minimum Gasteiger partial charge on any atom is -0.508 e. The van der Waals surface area contributed by atoms with Crippen molar-refractivity contribution in [2.45, 2.75) is 19.4 Å². The van der Waals surface area contributed by atoms with Gasteiger partial charge in [-0.15, -0.1) is 0 Å². The summed E-state index contributed by atoms with van der Waals surface area (Å²) in [6, 6.07) is 6.86. The van der Waals surface area contributed by atoms with Gasteiger partial charge in [0.05, 0.1) is 11.6 Å². The first-order valence-electron chi connectivity index (χ1n) is 6.31. The number of hydrogen-bond donors (Lipinski definition) is 2. The van der Waals surface area contributed by atoms with Gasteiger partial charge in [-0.25, -0.2) is 4.39 Å². The van der Waals surface area contributed by atoms with Crippen molar-refractivity contribution in [3.05, 3.63) is 59.7 Å². The standard InChI is InChI=1S/C15H15FN2O2/c1-2-14(10-4-3-7-17-9-10)18-15(20)12-6-5-11(19)8-13(12)16/h3-9,14,19H,2H2,1H3,(H,18,20). The molecule has 1 amide bonds. The lowest BCUT2D eigenvalue weighted by molar-refractivity contribution is 0.0931. The molecule has 0 saturated heterocycles. The van der Waals surface area contributed by atoms with E-state index >= 15 is 0 Å². The van der Waals surface area contributed by atoms with Gasteiger partial charge in [0.2, 0.25) is 0 Å². The Hall–Kier alpha value is -2.43. The molecule has 0 aliphatic carbocycles. The monoisotopic (exact) mass is 274 g/mol. The Morgan fingerprint density at radius 3 is 2.85 bits per heavy atom. The van der Waals surface area contributed by atoms with Crippen LogP contribution in [-0.4, -0.2) is 16.0 Å². The highest BCUT2D eigenvalue weighted by Crippen LogP contribution is 2.18. The van der Waals surface area contributed by atoms with Crippen molar-refractivity contribution < 1.29 is 14.3 Å². The molecule has 2 N–H and O–H groups in total. The van der Waals surface area contributed by atoms with E-state index in [0.717, 1.165) is 11.6 Å². The minimum absolute atomic E-state index is 0.0925. The lowest BCUT2D eigenvalue weighted by atomic mass is 10.1. The number of benzene rings is 1. The number of amides is 1. The molecule has 20 heavy (non-hydrogen) atoms. The van der Waals surface area contributed by atoms with E-state index in [1.165, 1.54) is 12.1 Å². The SMILES string of the molecule is CCC(NC(=O)c1ccc(O)cc1F)c1cccnc1. The second kappa shape index (κ2) is 6.14. The first kappa shape index (κ1) is 14.0. The van der Waals surface area contributed by atoms with Gasteiger partial charge in [0, 0.05) is 18.5 Å². The van der Waals surface area contributed by atoms with Crippen LogP contribution in [0.5, 0.6) is 5.75 Å². The molecule has 5 heteroatoms. The summed E-state index contributed by atoms with van der Waals surface area (Å²) in [5, 5.41) is 11.9. The van der Waals surface area contributed by atoms with Crippen molar-refractivity contribution in [2.24, 2.45) is 0 Å². The number of pyridine rings is 1. The van der Waals surface area contributed by atoms with Gasteiger partial charge in [-0.1, -0.05) is 13.0 Å². The number of carbonyl (C=O) groups excluding carboxylic acids is 1. The maximum atomic E-state index is 13.6. The first-order valence-corrected chi connectivity index (χ1v) is 6.31. The molecule has 4 nitrogen and oxygen atoms in total. The van der Waals surface area contributed by atoms with Crippen LogP contribution in [0.4, 0.5) is 4.39 Å². The zero-order valence-electron chi connectivity index (χ0n) is 11.0. The molecular formula is C15H15FN2O2. The van der Waals surface area contributed by atoms with E-state index < -0.39 is 11.7 Å². The third kappa shape index (κ3) is 3.12. The minimum atomic E-state index is -0.747. The summed E-state index contributed by atoms with van der Waals surface area (Å²) in [6.45, 7) is 1.92. The molecular weight excluding hydrogens is 259 g/mol. The lowest BCUT2D eigenvalue weighted by Gasteiger charge is -2.17.